The molecule has 4 nitrogen and oxygen atoms in total. The molecule has 0 aliphatic heterocycles. The standard InChI is InChI=1S/C12H10Cl4N4S/c13-7-1-2-9(14)8(3-7)10-18-19-11(20(10)17)21-5-6-4-12(6,15)16/h1-3,6H,4-5,17H2. The van der Waals surface area contributed by atoms with E-state index in [0.29, 0.717) is 26.6 Å². The highest BCUT2D eigenvalue weighted by atomic mass is 35.5. The first-order valence-electron chi connectivity index (χ1n) is 6.05. The molecule has 112 valence electrons. The highest BCUT2D eigenvalue weighted by molar-refractivity contribution is 7.99. The van der Waals surface area contributed by atoms with E-state index in [1.807, 2.05) is 0 Å². The maximum absolute atomic E-state index is 6.15. The van der Waals surface area contributed by atoms with Crippen LogP contribution in [0.5, 0.6) is 0 Å². The van der Waals surface area contributed by atoms with E-state index in [9.17, 15) is 0 Å². The second kappa shape index (κ2) is 5.70. The van der Waals surface area contributed by atoms with E-state index in [1.54, 1.807) is 18.2 Å². The maximum atomic E-state index is 6.15. The van der Waals surface area contributed by atoms with Crippen molar-refractivity contribution in [3.63, 3.8) is 0 Å². The summed E-state index contributed by atoms with van der Waals surface area (Å²) in [5.41, 5.74) is 0.640. The van der Waals surface area contributed by atoms with E-state index in [1.165, 1.54) is 16.4 Å². The third kappa shape index (κ3) is 3.22. The summed E-state index contributed by atoms with van der Waals surface area (Å²) >= 11 is 25.6. The summed E-state index contributed by atoms with van der Waals surface area (Å²) in [6.07, 6.45) is 0.787. The average Bonchev–Trinajstić information content (AvgIpc) is 2.87. The molecule has 0 bridgehead atoms. The van der Waals surface area contributed by atoms with Gasteiger partial charge in [-0.1, -0.05) is 35.0 Å². The minimum absolute atomic E-state index is 0.251. The Morgan fingerprint density at radius 1 is 1.33 bits per heavy atom. The normalized spacial score (nSPS) is 19.7. The third-order valence-electron chi connectivity index (χ3n) is 3.20. The minimum atomic E-state index is -0.606. The van der Waals surface area contributed by atoms with Gasteiger partial charge in [-0.05, 0) is 24.6 Å². The van der Waals surface area contributed by atoms with E-state index in [0.717, 1.165) is 12.2 Å². The van der Waals surface area contributed by atoms with Gasteiger partial charge in [-0.15, -0.1) is 33.4 Å². The van der Waals surface area contributed by atoms with Crippen LogP contribution < -0.4 is 5.84 Å². The largest absolute Gasteiger partial charge is 0.335 e. The zero-order valence-corrected chi connectivity index (χ0v) is 14.4. The first-order chi connectivity index (χ1) is 9.88. The Morgan fingerprint density at radius 3 is 2.71 bits per heavy atom. The molecule has 2 N–H and O–H groups in total. The topological polar surface area (TPSA) is 56.7 Å². The van der Waals surface area contributed by atoms with Crippen LogP contribution in [0.3, 0.4) is 0 Å². The van der Waals surface area contributed by atoms with Crippen molar-refractivity contribution in [3.8, 4) is 11.4 Å². The molecule has 3 rings (SSSR count). The lowest BCUT2D eigenvalue weighted by Gasteiger charge is -2.05. The summed E-state index contributed by atoms with van der Waals surface area (Å²) in [4.78, 5) is 0. The number of hydrogen-bond donors (Lipinski definition) is 1. The quantitative estimate of drug-likeness (QED) is 0.487. The molecule has 1 aromatic heterocycles. The van der Waals surface area contributed by atoms with Crippen molar-refractivity contribution in [2.75, 3.05) is 11.6 Å². The Kier molecular flexibility index (Phi) is 4.23. The number of aromatic nitrogens is 3. The van der Waals surface area contributed by atoms with E-state index in [4.69, 9.17) is 52.2 Å². The monoisotopic (exact) mass is 382 g/mol. The molecule has 1 atom stereocenters. The van der Waals surface area contributed by atoms with Crippen LogP contribution in [-0.2, 0) is 0 Å². The van der Waals surface area contributed by atoms with Gasteiger partial charge < -0.3 is 5.84 Å². The lowest BCUT2D eigenvalue weighted by molar-refractivity contribution is 0.844. The van der Waals surface area contributed by atoms with Crippen molar-refractivity contribution < 1.29 is 0 Å². The van der Waals surface area contributed by atoms with Crippen molar-refractivity contribution >= 4 is 58.2 Å². The molecule has 0 saturated heterocycles. The molecule has 0 amide bonds. The summed E-state index contributed by atoms with van der Waals surface area (Å²) in [6.45, 7) is 0. The molecule has 1 saturated carbocycles. The van der Waals surface area contributed by atoms with Crippen LogP contribution in [0.1, 0.15) is 6.42 Å². The molecular weight excluding hydrogens is 374 g/mol. The molecule has 0 radical (unpaired) electrons. The number of nitrogens with two attached hydrogens (primary N) is 1. The lowest BCUT2D eigenvalue weighted by Crippen LogP contribution is -2.12. The first kappa shape index (κ1) is 15.6. The molecule has 1 aromatic carbocycles. The third-order valence-corrected chi connectivity index (χ3v) is 5.80. The first-order valence-corrected chi connectivity index (χ1v) is 8.55. The zero-order valence-electron chi connectivity index (χ0n) is 10.6. The molecule has 1 aliphatic carbocycles. The lowest BCUT2D eigenvalue weighted by atomic mass is 10.2. The number of halogens is 4. The highest BCUT2D eigenvalue weighted by Crippen LogP contribution is 2.54. The van der Waals surface area contributed by atoms with Crippen molar-refractivity contribution in [3.05, 3.63) is 28.2 Å². The van der Waals surface area contributed by atoms with Crippen LogP contribution in [0, 0.1) is 5.92 Å². The number of hydrogen-bond acceptors (Lipinski definition) is 4. The van der Waals surface area contributed by atoms with Gasteiger partial charge in [0.15, 0.2) is 5.82 Å². The molecule has 1 aliphatic rings. The molecule has 1 unspecified atom stereocenters. The number of benzene rings is 1. The second-order valence-corrected chi connectivity index (χ2v) is 8.15. The van der Waals surface area contributed by atoms with Gasteiger partial charge in [-0.25, -0.2) is 4.68 Å². The van der Waals surface area contributed by atoms with Gasteiger partial charge in [0, 0.05) is 22.3 Å². The Bertz CT molecular complexity index is 688. The van der Waals surface area contributed by atoms with Gasteiger partial charge in [0.25, 0.3) is 0 Å². The summed E-state index contributed by atoms with van der Waals surface area (Å²) < 4.78 is 0.792. The average molecular weight is 384 g/mol. The SMILES string of the molecule is Nn1c(SCC2CC2(Cl)Cl)nnc1-c1cc(Cl)ccc1Cl. The predicted octanol–water partition coefficient (Wildman–Crippen LogP) is 4.25. The van der Waals surface area contributed by atoms with Crippen LogP contribution in [-0.4, -0.2) is 25.0 Å². The Hall–Kier alpha value is -0.330. The summed E-state index contributed by atoms with van der Waals surface area (Å²) in [7, 11) is 0. The smallest absolute Gasteiger partial charge is 0.210 e. The molecular formula is C12H10Cl4N4S. The van der Waals surface area contributed by atoms with Crippen LogP contribution in [0.2, 0.25) is 10.0 Å². The number of thioether (sulfide) groups is 1. The zero-order chi connectivity index (χ0) is 15.2. The number of nitrogen functional groups attached to an aromatic ring is 1. The van der Waals surface area contributed by atoms with Gasteiger partial charge in [0.2, 0.25) is 5.16 Å². The van der Waals surface area contributed by atoms with Gasteiger partial charge >= 0.3 is 0 Å². The van der Waals surface area contributed by atoms with Crippen molar-refractivity contribution in [2.24, 2.45) is 5.92 Å². The van der Waals surface area contributed by atoms with Crippen molar-refractivity contribution in [2.45, 2.75) is 15.9 Å². The molecule has 9 heteroatoms. The van der Waals surface area contributed by atoms with Crippen molar-refractivity contribution in [1.29, 1.82) is 0 Å². The van der Waals surface area contributed by atoms with Gasteiger partial charge in [0.1, 0.15) is 4.33 Å². The Morgan fingerprint density at radius 2 is 2.05 bits per heavy atom. The summed E-state index contributed by atoms with van der Waals surface area (Å²) in [5, 5.41) is 9.80. The predicted molar refractivity (Wildman–Crippen MR) is 88.9 cm³/mol. The Balaban J connectivity index is 1.80. The summed E-state index contributed by atoms with van der Waals surface area (Å²) in [5.74, 6) is 7.49. The van der Waals surface area contributed by atoms with E-state index in [-0.39, 0.29) is 5.92 Å². The van der Waals surface area contributed by atoms with E-state index in [2.05, 4.69) is 10.2 Å². The van der Waals surface area contributed by atoms with E-state index >= 15 is 0 Å². The molecule has 0 spiro atoms. The molecule has 2 aromatic rings. The van der Waals surface area contributed by atoms with Crippen LogP contribution in [0.4, 0.5) is 0 Å². The maximum Gasteiger partial charge on any atom is 0.210 e. The second-order valence-electron chi connectivity index (χ2n) is 4.77. The highest BCUT2D eigenvalue weighted by Gasteiger charge is 2.51. The van der Waals surface area contributed by atoms with Gasteiger partial charge in [-0.2, -0.15) is 0 Å². The van der Waals surface area contributed by atoms with E-state index < -0.39 is 4.33 Å². The fourth-order valence-electron chi connectivity index (χ4n) is 1.85. The fourth-order valence-corrected chi connectivity index (χ4v) is 4.01. The number of rotatable bonds is 4. The van der Waals surface area contributed by atoms with Gasteiger partial charge in [-0.3, -0.25) is 0 Å². The molecule has 1 fully saturated rings. The summed E-state index contributed by atoms with van der Waals surface area (Å²) in [6, 6.07) is 5.10. The minimum Gasteiger partial charge on any atom is -0.335 e. The number of alkyl halides is 2. The molecule has 1 heterocycles. The van der Waals surface area contributed by atoms with Gasteiger partial charge in [0.05, 0.1) is 5.02 Å². The fraction of sp³-hybridized carbons (Fsp3) is 0.333. The van der Waals surface area contributed by atoms with Crippen LogP contribution in [0.25, 0.3) is 11.4 Å². The van der Waals surface area contributed by atoms with Crippen LogP contribution >= 0.6 is 58.2 Å². The number of nitrogens with zero attached hydrogens (tertiary/aromatic N) is 3. The van der Waals surface area contributed by atoms with Crippen molar-refractivity contribution in [1.82, 2.24) is 14.9 Å². The Labute approximate surface area is 145 Å². The molecule has 21 heavy (non-hydrogen) atoms. The van der Waals surface area contributed by atoms with Crippen LogP contribution in [0.15, 0.2) is 23.4 Å².